The number of rotatable bonds is 6. The number of imidazole rings is 1. The summed E-state index contributed by atoms with van der Waals surface area (Å²) in [5, 5.41) is 11.3. The van der Waals surface area contributed by atoms with Crippen LogP contribution in [0.1, 0.15) is 27.0 Å². The molecule has 0 unspecified atom stereocenters. The summed E-state index contributed by atoms with van der Waals surface area (Å²) in [6.07, 6.45) is 1.92. The van der Waals surface area contributed by atoms with Crippen LogP contribution < -0.4 is 4.57 Å². The molecule has 4 rings (SSSR count). The van der Waals surface area contributed by atoms with Crippen LogP contribution in [-0.4, -0.2) is 15.3 Å². The maximum atomic E-state index is 13.0. The Balaban J connectivity index is 1.76. The zero-order valence-electron chi connectivity index (χ0n) is 16.9. The molecule has 0 aliphatic carbocycles. The molecular weight excluding hydrogens is 378 g/mol. The number of Topliss-reactive ketones (excluding diaryl/α,β-unsaturated/α-hetero) is 1. The Kier molecular flexibility index (Phi) is 5.14. The van der Waals surface area contributed by atoms with E-state index in [1.54, 1.807) is 12.1 Å². The van der Waals surface area contributed by atoms with Crippen molar-refractivity contribution < 1.29 is 14.3 Å². The van der Waals surface area contributed by atoms with Gasteiger partial charge in [-0.3, -0.25) is 14.9 Å². The van der Waals surface area contributed by atoms with E-state index < -0.39 is 4.92 Å². The monoisotopic (exact) mass is 400 g/mol. The number of para-hydroxylation sites is 1. The van der Waals surface area contributed by atoms with Crippen molar-refractivity contribution in [2.45, 2.75) is 26.9 Å². The Morgan fingerprint density at radius 2 is 1.67 bits per heavy atom. The van der Waals surface area contributed by atoms with Gasteiger partial charge in [-0.05, 0) is 48.7 Å². The van der Waals surface area contributed by atoms with E-state index >= 15 is 0 Å². The van der Waals surface area contributed by atoms with Gasteiger partial charge in [-0.1, -0.05) is 42.5 Å². The number of aryl methyl sites for hydroxylation is 2. The summed E-state index contributed by atoms with van der Waals surface area (Å²) in [5.41, 5.74) is 5.38. The summed E-state index contributed by atoms with van der Waals surface area (Å²) in [6, 6.07) is 20.4. The molecule has 0 bridgehead atoms. The number of carbonyl (C=O) groups is 1. The highest BCUT2D eigenvalue weighted by molar-refractivity contribution is 6.00. The molecule has 0 atom stereocenters. The largest absolute Gasteiger partial charge is 0.289 e. The van der Waals surface area contributed by atoms with Crippen LogP contribution in [0.2, 0.25) is 0 Å². The number of aromatic nitrogens is 2. The first-order valence-corrected chi connectivity index (χ1v) is 9.74. The predicted octanol–water partition coefficient (Wildman–Crippen LogP) is 4.39. The van der Waals surface area contributed by atoms with Gasteiger partial charge >= 0.3 is 0 Å². The fourth-order valence-electron chi connectivity index (χ4n) is 3.68. The molecule has 0 amide bonds. The predicted molar refractivity (Wildman–Crippen MR) is 115 cm³/mol. The van der Waals surface area contributed by atoms with Gasteiger partial charge in [-0.25, -0.2) is 9.13 Å². The molecule has 0 fully saturated rings. The molecule has 1 aromatic heterocycles. The lowest BCUT2D eigenvalue weighted by Crippen LogP contribution is -2.33. The lowest BCUT2D eigenvalue weighted by molar-refractivity contribution is -0.663. The summed E-state index contributed by atoms with van der Waals surface area (Å²) in [6.45, 7) is 4.81. The van der Waals surface area contributed by atoms with Crippen molar-refractivity contribution in [3.8, 4) is 0 Å². The van der Waals surface area contributed by atoms with Gasteiger partial charge in [0.15, 0.2) is 17.6 Å². The van der Waals surface area contributed by atoms with E-state index in [4.69, 9.17) is 0 Å². The van der Waals surface area contributed by atoms with Gasteiger partial charge in [0.2, 0.25) is 12.1 Å². The molecular formula is C24H22N3O3+. The van der Waals surface area contributed by atoms with Crippen LogP contribution in [0.5, 0.6) is 0 Å². The lowest BCUT2D eigenvalue weighted by atomic mass is 10.1. The van der Waals surface area contributed by atoms with E-state index in [1.165, 1.54) is 17.7 Å². The van der Waals surface area contributed by atoms with Crippen LogP contribution >= 0.6 is 0 Å². The fraction of sp³-hybridized carbons (Fsp3) is 0.167. The zero-order valence-corrected chi connectivity index (χ0v) is 16.9. The van der Waals surface area contributed by atoms with E-state index in [9.17, 15) is 14.9 Å². The second-order valence-electron chi connectivity index (χ2n) is 7.48. The minimum Gasteiger partial charge on any atom is -0.289 e. The number of carbonyl (C=O) groups excluding carboxylic acids is 1. The highest BCUT2D eigenvalue weighted by Crippen LogP contribution is 2.22. The minimum absolute atomic E-state index is 0.0334. The summed E-state index contributed by atoms with van der Waals surface area (Å²) in [7, 11) is 0. The van der Waals surface area contributed by atoms with E-state index in [-0.39, 0.29) is 23.6 Å². The van der Waals surface area contributed by atoms with Gasteiger partial charge in [0, 0.05) is 6.07 Å². The zero-order chi connectivity index (χ0) is 21.3. The molecule has 0 N–H and O–H groups in total. The van der Waals surface area contributed by atoms with E-state index in [2.05, 4.69) is 35.8 Å². The normalized spacial score (nSPS) is 11.0. The number of nitrogens with zero attached hydrogens (tertiary/aromatic N) is 3. The van der Waals surface area contributed by atoms with Gasteiger partial charge in [-0.15, -0.1) is 0 Å². The van der Waals surface area contributed by atoms with Crippen LogP contribution in [0.25, 0.3) is 11.0 Å². The van der Waals surface area contributed by atoms with Gasteiger partial charge in [-0.2, -0.15) is 0 Å². The molecule has 0 spiro atoms. The third kappa shape index (κ3) is 3.72. The van der Waals surface area contributed by atoms with E-state index in [0.29, 0.717) is 6.54 Å². The maximum Gasteiger partial charge on any atom is 0.280 e. The molecule has 0 radical (unpaired) electrons. The SMILES string of the molecule is Cc1cc2c(cc1C)[n+](Cc1ccccc1)cn2CC(=O)c1ccccc1[N+](=O)[O-]. The quantitative estimate of drug-likeness (QED) is 0.209. The molecule has 3 aromatic carbocycles. The standard InChI is InChI=1S/C24H22N3O3/c1-17-12-22-23(13-18(17)2)26(16-25(22)14-19-8-4-3-5-9-19)15-24(28)20-10-6-7-11-21(20)27(29)30/h3-13,16H,14-15H2,1-2H3/q+1. The molecule has 4 aromatic rings. The number of hydrogen-bond acceptors (Lipinski definition) is 3. The van der Waals surface area contributed by atoms with Crippen molar-refractivity contribution >= 4 is 22.5 Å². The molecule has 0 aliphatic heterocycles. The second kappa shape index (κ2) is 7.91. The average Bonchev–Trinajstić information content (AvgIpc) is 3.05. The summed E-state index contributed by atoms with van der Waals surface area (Å²) in [5.74, 6) is -0.288. The van der Waals surface area contributed by atoms with Crippen molar-refractivity contribution in [3.05, 3.63) is 105 Å². The van der Waals surface area contributed by atoms with E-state index in [0.717, 1.165) is 22.2 Å². The van der Waals surface area contributed by atoms with Crippen molar-refractivity contribution in [3.63, 3.8) is 0 Å². The van der Waals surface area contributed by atoms with E-state index in [1.807, 2.05) is 36.0 Å². The summed E-state index contributed by atoms with van der Waals surface area (Å²) < 4.78 is 3.99. The maximum absolute atomic E-state index is 13.0. The number of nitro groups is 1. The lowest BCUT2D eigenvalue weighted by Gasteiger charge is -2.02. The van der Waals surface area contributed by atoms with Crippen molar-refractivity contribution in [2.75, 3.05) is 0 Å². The first-order chi connectivity index (χ1) is 14.4. The van der Waals surface area contributed by atoms with Crippen molar-refractivity contribution in [2.24, 2.45) is 0 Å². The Labute approximate surface area is 174 Å². The number of hydrogen-bond donors (Lipinski definition) is 0. The average molecular weight is 400 g/mol. The first kappa shape index (κ1) is 19.5. The molecule has 0 saturated heterocycles. The molecule has 6 heteroatoms. The Morgan fingerprint density at radius 3 is 2.40 bits per heavy atom. The van der Waals surface area contributed by atoms with Crippen LogP contribution in [-0.2, 0) is 13.1 Å². The van der Waals surface area contributed by atoms with Crippen molar-refractivity contribution in [1.82, 2.24) is 4.57 Å². The molecule has 6 nitrogen and oxygen atoms in total. The topological polar surface area (TPSA) is 69.0 Å². The van der Waals surface area contributed by atoms with Gasteiger partial charge in [0.25, 0.3) is 5.69 Å². The number of fused-ring (bicyclic) bond motifs is 1. The van der Waals surface area contributed by atoms with Crippen LogP contribution in [0, 0.1) is 24.0 Å². The number of ketones is 1. The van der Waals surface area contributed by atoms with Gasteiger partial charge < -0.3 is 0 Å². The Hall–Kier alpha value is -3.80. The molecule has 1 heterocycles. The molecule has 0 aliphatic rings. The van der Waals surface area contributed by atoms with Gasteiger partial charge in [0.1, 0.15) is 6.54 Å². The molecule has 30 heavy (non-hydrogen) atoms. The highest BCUT2D eigenvalue weighted by Gasteiger charge is 2.24. The third-order valence-electron chi connectivity index (χ3n) is 5.40. The summed E-state index contributed by atoms with van der Waals surface area (Å²) >= 11 is 0. The molecule has 150 valence electrons. The Morgan fingerprint density at radius 1 is 1.00 bits per heavy atom. The van der Waals surface area contributed by atoms with Crippen LogP contribution in [0.15, 0.2) is 73.1 Å². The summed E-state index contributed by atoms with van der Waals surface area (Å²) in [4.78, 5) is 23.8. The second-order valence-corrected chi connectivity index (χ2v) is 7.48. The molecule has 0 saturated carbocycles. The number of benzene rings is 3. The van der Waals surface area contributed by atoms with Gasteiger partial charge in [0.05, 0.1) is 10.5 Å². The fourth-order valence-corrected chi connectivity index (χ4v) is 3.68. The smallest absolute Gasteiger partial charge is 0.280 e. The Bertz CT molecular complexity index is 1260. The van der Waals surface area contributed by atoms with Crippen LogP contribution in [0.4, 0.5) is 5.69 Å². The van der Waals surface area contributed by atoms with Crippen molar-refractivity contribution in [1.29, 1.82) is 0 Å². The first-order valence-electron chi connectivity index (χ1n) is 9.74. The number of nitro benzene ring substituents is 1. The van der Waals surface area contributed by atoms with Crippen LogP contribution in [0.3, 0.4) is 0 Å². The third-order valence-corrected chi connectivity index (χ3v) is 5.40. The highest BCUT2D eigenvalue weighted by atomic mass is 16.6. The minimum atomic E-state index is -0.510.